The first kappa shape index (κ1) is 18.0. The van der Waals surface area contributed by atoms with Gasteiger partial charge in [0.1, 0.15) is 5.01 Å². The fraction of sp³-hybridized carbons (Fsp3) is 0.389. The average Bonchev–Trinajstić information content (AvgIpc) is 3.00. The van der Waals surface area contributed by atoms with Gasteiger partial charge in [-0.25, -0.2) is 4.98 Å². The molecule has 0 radical (unpaired) electrons. The Morgan fingerprint density at radius 3 is 2.64 bits per heavy atom. The van der Waals surface area contributed by atoms with Crippen molar-refractivity contribution in [2.24, 2.45) is 0 Å². The Bertz CT molecular complexity index is 904. The van der Waals surface area contributed by atoms with Gasteiger partial charge in [-0.3, -0.25) is 9.69 Å². The Hall–Kier alpha value is -1.76. The van der Waals surface area contributed by atoms with E-state index in [2.05, 4.69) is 28.8 Å². The van der Waals surface area contributed by atoms with E-state index in [1.54, 1.807) is 6.07 Å². The maximum Gasteiger partial charge on any atom is 0.275 e. The molecule has 0 unspecified atom stereocenters. The molecule has 0 bridgehead atoms. The third-order valence-electron chi connectivity index (χ3n) is 3.96. The number of aromatic nitrogens is 3. The van der Waals surface area contributed by atoms with Crippen LogP contribution in [0.1, 0.15) is 36.5 Å². The van der Waals surface area contributed by atoms with Crippen molar-refractivity contribution in [3.05, 3.63) is 62.0 Å². The molecule has 0 atom stereocenters. The summed E-state index contributed by atoms with van der Waals surface area (Å²) in [5.41, 5.74) is 1.86. The molecule has 3 rings (SSSR count). The van der Waals surface area contributed by atoms with Gasteiger partial charge in [-0.1, -0.05) is 48.9 Å². The van der Waals surface area contributed by atoms with Gasteiger partial charge < -0.3 is 0 Å². The summed E-state index contributed by atoms with van der Waals surface area (Å²) in [5.74, 6) is 0. The molecule has 132 valence electrons. The summed E-state index contributed by atoms with van der Waals surface area (Å²) in [6, 6.07) is 9.43. The summed E-state index contributed by atoms with van der Waals surface area (Å²) < 4.78 is 1.41. The smallest absolute Gasteiger partial charge is 0.275 e. The monoisotopic (exact) mass is 376 g/mol. The van der Waals surface area contributed by atoms with Gasteiger partial charge in [0.25, 0.3) is 5.56 Å². The van der Waals surface area contributed by atoms with E-state index in [9.17, 15) is 4.79 Å². The summed E-state index contributed by atoms with van der Waals surface area (Å²) in [4.78, 5) is 19.9. The fourth-order valence-corrected chi connectivity index (χ4v) is 3.79. The van der Waals surface area contributed by atoms with E-state index in [1.807, 2.05) is 24.3 Å². The maximum absolute atomic E-state index is 12.3. The SMILES string of the molecule is CCCc1nn2c(=O)cc(CN(CC)Cc3ccc(Cl)cc3)nc2s1. The molecule has 7 heteroatoms. The van der Waals surface area contributed by atoms with Crippen LogP contribution in [0.5, 0.6) is 0 Å². The van der Waals surface area contributed by atoms with Crippen LogP contribution in [0.2, 0.25) is 5.02 Å². The van der Waals surface area contributed by atoms with Crippen LogP contribution >= 0.6 is 22.9 Å². The van der Waals surface area contributed by atoms with Crippen molar-refractivity contribution in [2.75, 3.05) is 6.54 Å². The highest BCUT2D eigenvalue weighted by Gasteiger charge is 2.11. The lowest BCUT2D eigenvalue weighted by Gasteiger charge is -2.20. The first-order valence-electron chi connectivity index (χ1n) is 8.44. The molecule has 0 N–H and O–H groups in total. The van der Waals surface area contributed by atoms with Crippen LogP contribution in [0.3, 0.4) is 0 Å². The predicted octanol–water partition coefficient (Wildman–Crippen LogP) is 3.78. The van der Waals surface area contributed by atoms with Crippen LogP contribution in [0.15, 0.2) is 35.1 Å². The van der Waals surface area contributed by atoms with Gasteiger partial charge in [0.2, 0.25) is 4.96 Å². The van der Waals surface area contributed by atoms with Crippen molar-refractivity contribution in [3.63, 3.8) is 0 Å². The molecule has 0 aliphatic heterocycles. The molecule has 0 aliphatic rings. The van der Waals surface area contributed by atoms with Gasteiger partial charge in [-0.15, -0.1) is 0 Å². The van der Waals surface area contributed by atoms with Gasteiger partial charge in [0, 0.05) is 30.6 Å². The van der Waals surface area contributed by atoms with Crippen molar-refractivity contribution < 1.29 is 0 Å². The van der Waals surface area contributed by atoms with Crippen LogP contribution in [0, 0.1) is 0 Å². The zero-order valence-corrected chi connectivity index (χ0v) is 16.0. The van der Waals surface area contributed by atoms with Crippen molar-refractivity contribution in [2.45, 2.75) is 39.8 Å². The number of aryl methyl sites for hydroxylation is 1. The average molecular weight is 377 g/mol. The van der Waals surface area contributed by atoms with Gasteiger partial charge >= 0.3 is 0 Å². The highest BCUT2D eigenvalue weighted by molar-refractivity contribution is 7.16. The van der Waals surface area contributed by atoms with E-state index >= 15 is 0 Å². The molecule has 5 nitrogen and oxygen atoms in total. The lowest BCUT2D eigenvalue weighted by atomic mass is 10.2. The molecule has 0 saturated heterocycles. The second-order valence-corrected chi connectivity index (χ2v) is 7.43. The molecular formula is C18H21ClN4OS. The van der Waals surface area contributed by atoms with E-state index in [0.717, 1.165) is 41.7 Å². The zero-order valence-electron chi connectivity index (χ0n) is 14.4. The normalized spacial score (nSPS) is 11.5. The number of benzene rings is 1. The minimum absolute atomic E-state index is 0.110. The first-order chi connectivity index (χ1) is 12.1. The van der Waals surface area contributed by atoms with Crippen molar-refractivity contribution in [3.8, 4) is 0 Å². The minimum atomic E-state index is -0.110. The predicted molar refractivity (Wildman–Crippen MR) is 102 cm³/mol. The van der Waals surface area contributed by atoms with E-state index in [4.69, 9.17) is 11.6 Å². The molecule has 3 aromatic rings. The molecular weight excluding hydrogens is 356 g/mol. The molecule has 0 fully saturated rings. The molecule has 0 aliphatic carbocycles. The minimum Gasteiger partial charge on any atom is -0.294 e. The van der Waals surface area contributed by atoms with Gasteiger partial charge in [-0.2, -0.15) is 9.61 Å². The summed E-state index contributed by atoms with van der Waals surface area (Å²) >= 11 is 7.44. The Labute approximate surface area is 155 Å². The van der Waals surface area contributed by atoms with E-state index < -0.39 is 0 Å². The standard InChI is InChI=1S/C18H21ClN4OS/c1-3-5-16-21-23-17(24)10-15(20-18(23)25-16)12-22(4-2)11-13-6-8-14(19)9-7-13/h6-10H,3-5,11-12H2,1-2H3. The molecule has 2 aromatic heterocycles. The van der Waals surface area contributed by atoms with Gasteiger partial charge in [0.05, 0.1) is 5.69 Å². The molecule has 1 aromatic carbocycles. The van der Waals surface area contributed by atoms with Crippen molar-refractivity contribution >= 4 is 27.9 Å². The Morgan fingerprint density at radius 2 is 1.96 bits per heavy atom. The molecule has 0 saturated carbocycles. The number of halogens is 1. The quantitative estimate of drug-likeness (QED) is 0.629. The summed E-state index contributed by atoms with van der Waals surface area (Å²) in [6.07, 6.45) is 1.88. The zero-order chi connectivity index (χ0) is 17.8. The summed E-state index contributed by atoms with van der Waals surface area (Å²) in [6.45, 7) is 6.49. The second kappa shape index (κ2) is 8.08. The lowest BCUT2D eigenvalue weighted by molar-refractivity contribution is 0.268. The van der Waals surface area contributed by atoms with Crippen LogP contribution < -0.4 is 5.56 Å². The fourth-order valence-electron chi connectivity index (χ4n) is 2.65. The summed E-state index contributed by atoms with van der Waals surface area (Å²) in [5, 5.41) is 6.04. The highest BCUT2D eigenvalue weighted by Crippen LogP contribution is 2.15. The van der Waals surface area contributed by atoms with Gasteiger partial charge in [0.15, 0.2) is 0 Å². The van der Waals surface area contributed by atoms with E-state index in [0.29, 0.717) is 11.5 Å². The van der Waals surface area contributed by atoms with E-state index in [1.165, 1.54) is 21.4 Å². The molecule has 0 spiro atoms. The van der Waals surface area contributed by atoms with Crippen LogP contribution in [0.4, 0.5) is 0 Å². The number of hydrogen-bond acceptors (Lipinski definition) is 5. The number of nitrogens with zero attached hydrogens (tertiary/aromatic N) is 4. The van der Waals surface area contributed by atoms with Crippen LogP contribution in [-0.4, -0.2) is 26.0 Å². The number of fused-ring (bicyclic) bond motifs is 1. The van der Waals surface area contributed by atoms with Crippen LogP contribution in [0.25, 0.3) is 4.96 Å². The summed E-state index contributed by atoms with van der Waals surface area (Å²) in [7, 11) is 0. The Morgan fingerprint density at radius 1 is 1.20 bits per heavy atom. The molecule has 0 amide bonds. The largest absolute Gasteiger partial charge is 0.294 e. The molecule has 2 heterocycles. The van der Waals surface area contributed by atoms with E-state index in [-0.39, 0.29) is 5.56 Å². The van der Waals surface area contributed by atoms with Crippen molar-refractivity contribution in [1.82, 2.24) is 19.5 Å². The first-order valence-corrected chi connectivity index (χ1v) is 9.64. The van der Waals surface area contributed by atoms with Crippen LogP contribution in [-0.2, 0) is 19.5 Å². The third kappa shape index (κ3) is 4.45. The van der Waals surface area contributed by atoms with Gasteiger partial charge in [-0.05, 0) is 30.7 Å². The lowest BCUT2D eigenvalue weighted by Crippen LogP contribution is -2.25. The highest BCUT2D eigenvalue weighted by atomic mass is 35.5. The third-order valence-corrected chi connectivity index (χ3v) is 5.18. The van der Waals surface area contributed by atoms with Crippen molar-refractivity contribution in [1.29, 1.82) is 0 Å². The Balaban J connectivity index is 1.80. The number of hydrogen-bond donors (Lipinski definition) is 0. The topological polar surface area (TPSA) is 50.5 Å². The Kier molecular flexibility index (Phi) is 5.83. The number of rotatable bonds is 7. The molecule has 25 heavy (non-hydrogen) atoms. The maximum atomic E-state index is 12.3. The second-order valence-electron chi connectivity index (χ2n) is 5.96.